The van der Waals surface area contributed by atoms with E-state index in [-0.39, 0.29) is 51.3 Å². The Morgan fingerprint density at radius 2 is 1.39 bits per heavy atom. The SMILES string of the molecule is COc1cccc(Cl)c1C(=O)Pc1c(OC(C)C)cc(OC(C)C)cc1OC(C)C.[LiH]. The van der Waals surface area contributed by atoms with E-state index in [4.69, 9.17) is 30.5 Å². The van der Waals surface area contributed by atoms with Gasteiger partial charge in [-0.25, -0.2) is 0 Å². The molecule has 1 unspecified atom stereocenters. The van der Waals surface area contributed by atoms with Crippen LogP contribution in [0.1, 0.15) is 51.9 Å². The summed E-state index contributed by atoms with van der Waals surface area (Å²) in [6.07, 6.45) is -0.175. The molecule has 0 aromatic heterocycles. The molecule has 0 aliphatic rings. The third-order valence-electron chi connectivity index (χ3n) is 3.80. The van der Waals surface area contributed by atoms with E-state index in [9.17, 15) is 4.79 Å². The van der Waals surface area contributed by atoms with Crippen LogP contribution in [0.4, 0.5) is 0 Å². The zero-order chi connectivity index (χ0) is 22.4. The molecule has 5 nitrogen and oxygen atoms in total. The average molecular weight is 461 g/mol. The Morgan fingerprint density at radius 1 is 0.871 bits per heavy atom. The summed E-state index contributed by atoms with van der Waals surface area (Å²) in [7, 11) is 1.25. The third kappa shape index (κ3) is 7.92. The molecular weight excluding hydrogens is 430 g/mol. The molecule has 0 saturated carbocycles. The molecule has 0 heterocycles. The van der Waals surface area contributed by atoms with Gasteiger partial charge in [-0.3, -0.25) is 4.79 Å². The van der Waals surface area contributed by atoms with E-state index in [1.54, 1.807) is 18.2 Å². The molecule has 2 aromatic carbocycles. The van der Waals surface area contributed by atoms with Gasteiger partial charge in [-0.05, 0) is 62.3 Å². The fourth-order valence-electron chi connectivity index (χ4n) is 2.79. The molecule has 0 aliphatic carbocycles. The second-order valence-electron chi connectivity index (χ2n) is 7.57. The summed E-state index contributed by atoms with van der Waals surface area (Å²) < 4.78 is 23.3. The number of rotatable bonds is 10. The number of methoxy groups -OCH3 is 1. The number of benzene rings is 2. The molecule has 2 rings (SSSR count). The van der Waals surface area contributed by atoms with Gasteiger partial charge in [-0.2, -0.15) is 0 Å². The molecule has 1 atom stereocenters. The molecule has 0 N–H and O–H groups in total. The predicted molar refractivity (Wildman–Crippen MR) is 131 cm³/mol. The quantitative estimate of drug-likeness (QED) is 0.360. The van der Waals surface area contributed by atoms with Gasteiger partial charge < -0.3 is 18.9 Å². The van der Waals surface area contributed by atoms with Crippen molar-refractivity contribution < 1.29 is 23.7 Å². The Balaban J connectivity index is 0.00000480. The fourth-order valence-corrected chi connectivity index (χ4v) is 4.24. The van der Waals surface area contributed by atoms with Gasteiger partial charge in [0.05, 0.1) is 41.3 Å². The van der Waals surface area contributed by atoms with Crippen molar-refractivity contribution in [2.45, 2.75) is 59.9 Å². The molecule has 31 heavy (non-hydrogen) atoms. The second-order valence-corrected chi connectivity index (χ2v) is 9.18. The van der Waals surface area contributed by atoms with Crippen LogP contribution < -0.4 is 24.3 Å². The van der Waals surface area contributed by atoms with Gasteiger partial charge in [0.25, 0.3) is 0 Å². The van der Waals surface area contributed by atoms with Crippen molar-refractivity contribution in [2.24, 2.45) is 0 Å². The fraction of sp³-hybridized carbons (Fsp3) is 0.435. The molecule has 0 bridgehead atoms. The summed E-state index contributed by atoms with van der Waals surface area (Å²) in [5, 5.41) is 1.03. The van der Waals surface area contributed by atoms with Crippen LogP contribution in [0.2, 0.25) is 5.02 Å². The Hall–Kier alpha value is -1.37. The summed E-state index contributed by atoms with van der Waals surface area (Å²) >= 11 is 6.32. The maximum absolute atomic E-state index is 13.3. The molecular formula is C23H31ClLiO5P. The van der Waals surface area contributed by atoms with E-state index in [0.29, 0.717) is 38.9 Å². The number of hydrogen-bond donors (Lipinski definition) is 0. The summed E-state index contributed by atoms with van der Waals surface area (Å²) in [5.74, 6) is 2.21. The van der Waals surface area contributed by atoms with Gasteiger partial charge in [0.1, 0.15) is 23.0 Å². The Kier molecular flexibility index (Phi) is 11.3. The third-order valence-corrected chi connectivity index (χ3v) is 5.33. The van der Waals surface area contributed by atoms with E-state index >= 15 is 0 Å². The number of hydrogen-bond acceptors (Lipinski definition) is 5. The minimum atomic E-state index is -0.268. The molecule has 0 amide bonds. The topological polar surface area (TPSA) is 54.0 Å². The summed E-state index contributed by atoms with van der Waals surface area (Å²) in [6, 6.07) is 8.78. The standard InChI is InChI=1S/C23H30ClO5P.Li.H/c1-13(2)27-16-11-19(28-14(3)4)22(20(12-16)29-15(5)6)30-23(25)21-17(24)9-8-10-18(21)26-7;;/h8-15,30H,1-7H3;;. The van der Waals surface area contributed by atoms with Crippen LogP contribution >= 0.6 is 20.2 Å². The van der Waals surface area contributed by atoms with Crippen LogP contribution in [-0.2, 0) is 0 Å². The van der Waals surface area contributed by atoms with Gasteiger partial charge in [0, 0.05) is 12.1 Å². The number of ether oxygens (including phenoxy) is 4. The van der Waals surface area contributed by atoms with Crippen molar-refractivity contribution in [3.05, 3.63) is 40.9 Å². The monoisotopic (exact) mass is 460 g/mol. The Bertz CT molecular complexity index is 855. The molecule has 2 aromatic rings. The second kappa shape index (κ2) is 12.6. The van der Waals surface area contributed by atoms with Crippen molar-refractivity contribution in [1.82, 2.24) is 0 Å². The van der Waals surface area contributed by atoms with Crippen molar-refractivity contribution in [3.63, 3.8) is 0 Å². The van der Waals surface area contributed by atoms with Gasteiger partial charge in [0.2, 0.25) is 0 Å². The molecule has 166 valence electrons. The van der Waals surface area contributed by atoms with E-state index in [1.807, 2.05) is 53.7 Å². The minimum absolute atomic E-state index is 0. The number of carbonyl (C=O) groups excluding carboxylic acids is 1. The summed E-state index contributed by atoms with van der Waals surface area (Å²) in [6.45, 7) is 11.6. The molecule has 0 spiro atoms. The maximum atomic E-state index is 13.3. The normalized spacial score (nSPS) is 11.2. The van der Waals surface area contributed by atoms with Crippen molar-refractivity contribution in [2.75, 3.05) is 7.11 Å². The predicted octanol–water partition coefficient (Wildman–Crippen LogP) is 5.21. The molecule has 0 saturated heterocycles. The molecule has 0 aliphatic heterocycles. The van der Waals surface area contributed by atoms with Crippen LogP contribution in [0, 0.1) is 0 Å². The number of halogens is 1. The van der Waals surface area contributed by atoms with Crippen LogP contribution in [0.5, 0.6) is 23.0 Å². The first-order valence-electron chi connectivity index (χ1n) is 9.94. The van der Waals surface area contributed by atoms with E-state index in [0.717, 1.165) is 0 Å². The van der Waals surface area contributed by atoms with Crippen LogP contribution in [-0.4, -0.2) is 49.8 Å². The van der Waals surface area contributed by atoms with Gasteiger partial charge in [-0.15, -0.1) is 0 Å². The number of carbonyl (C=O) groups is 1. The van der Waals surface area contributed by atoms with Gasteiger partial charge in [0.15, 0.2) is 5.52 Å². The van der Waals surface area contributed by atoms with Crippen LogP contribution in [0.3, 0.4) is 0 Å². The summed E-state index contributed by atoms with van der Waals surface area (Å²) in [5.41, 5.74) is 0.200. The average Bonchev–Trinajstić information content (AvgIpc) is 2.62. The zero-order valence-electron chi connectivity index (χ0n) is 18.5. The van der Waals surface area contributed by atoms with Crippen molar-refractivity contribution >= 4 is 49.9 Å². The van der Waals surface area contributed by atoms with Crippen molar-refractivity contribution in [3.8, 4) is 23.0 Å². The first-order valence-corrected chi connectivity index (χ1v) is 11.3. The molecule has 0 radical (unpaired) electrons. The summed E-state index contributed by atoms with van der Waals surface area (Å²) in [4.78, 5) is 13.3. The van der Waals surface area contributed by atoms with Crippen molar-refractivity contribution in [1.29, 1.82) is 0 Å². The Labute approximate surface area is 204 Å². The van der Waals surface area contributed by atoms with Gasteiger partial charge in [-0.1, -0.05) is 17.7 Å². The van der Waals surface area contributed by atoms with Crippen LogP contribution in [0.15, 0.2) is 30.3 Å². The molecule has 0 fully saturated rings. The Morgan fingerprint density at radius 3 is 1.84 bits per heavy atom. The first kappa shape index (κ1) is 27.7. The van der Waals surface area contributed by atoms with E-state index in [1.165, 1.54) is 7.11 Å². The van der Waals surface area contributed by atoms with E-state index in [2.05, 4.69) is 0 Å². The van der Waals surface area contributed by atoms with E-state index < -0.39 is 0 Å². The molecule has 8 heteroatoms. The van der Waals surface area contributed by atoms with Crippen LogP contribution in [0.25, 0.3) is 0 Å². The first-order chi connectivity index (χ1) is 14.1. The zero-order valence-corrected chi connectivity index (χ0v) is 20.3. The van der Waals surface area contributed by atoms with Gasteiger partial charge >= 0.3 is 18.9 Å².